The van der Waals surface area contributed by atoms with Crippen molar-refractivity contribution in [2.24, 2.45) is 0 Å². The fraction of sp³-hybridized carbons (Fsp3) is 0.304. The zero-order valence-corrected chi connectivity index (χ0v) is 16.8. The van der Waals surface area contributed by atoms with Gasteiger partial charge in [0.25, 0.3) is 0 Å². The number of aryl methyl sites for hydroxylation is 2. The quantitative estimate of drug-likeness (QED) is 0.577. The molecule has 0 fully saturated rings. The summed E-state index contributed by atoms with van der Waals surface area (Å²) in [4.78, 5) is 4.91. The molecule has 27 heavy (non-hydrogen) atoms. The first-order chi connectivity index (χ1) is 13.1. The maximum absolute atomic E-state index is 10.6. The zero-order valence-electron chi connectivity index (χ0n) is 16.0. The van der Waals surface area contributed by atoms with Gasteiger partial charge in [-0.2, -0.15) is 0 Å². The van der Waals surface area contributed by atoms with E-state index in [1.807, 2.05) is 48.6 Å². The van der Waals surface area contributed by atoms with Crippen LogP contribution in [0.3, 0.4) is 0 Å². The van der Waals surface area contributed by atoms with E-state index in [9.17, 15) is 5.11 Å². The summed E-state index contributed by atoms with van der Waals surface area (Å²) < 4.78 is 5.83. The fourth-order valence-corrected chi connectivity index (χ4v) is 4.01. The topological polar surface area (TPSA) is 32.7 Å². The predicted molar refractivity (Wildman–Crippen MR) is 112 cm³/mol. The molecule has 3 aromatic rings. The molecule has 2 aromatic carbocycles. The molecule has 0 aliphatic carbocycles. The number of nitrogens with zero attached hydrogens (tertiary/aromatic N) is 1. The Labute approximate surface area is 165 Å². The van der Waals surface area contributed by atoms with E-state index in [0.29, 0.717) is 13.2 Å². The summed E-state index contributed by atoms with van der Waals surface area (Å²) >= 11 is 1.81. The second kappa shape index (κ2) is 9.70. The molecule has 0 aliphatic rings. The van der Waals surface area contributed by atoms with Gasteiger partial charge >= 0.3 is 0 Å². The number of rotatable bonds is 9. The minimum Gasteiger partial charge on any atom is -0.491 e. The van der Waals surface area contributed by atoms with Crippen molar-refractivity contribution >= 4 is 11.3 Å². The first-order valence-corrected chi connectivity index (χ1v) is 10.1. The van der Waals surface area contributed by atoms with Gasteiger partial charge in [0.1, 0.15) is 18.5 Å². The third-order valence-corrected chi connectivity index (χ3v) is 5.40. The zero-order chi connectivity index (χ0) is 19.1. The van der Waals surface area contributed by atoms with Crippen LogP contribution in [0.4, 0.5) is 0 Å². The Morgan fingerprint density at radius 2 is 1.67 bits per heavy atom. The lowest BCUT2D eigenvalue weighted by Crippen LogP contribution is -2.35. The molecule has 3 nitrogen and oxygen atoms in total. The lowest BCUT2D eigenvalue weighted by Gasteiger charge is -2.25. The molecule has 0 saturated carbocycles. The van der Waals surface area contributed by atoms with Gasteiger partial charge in [-0.1, -0.05) is 48.5 Å². The van der Waals surface area contributed by atoms with Gasteiger partial charge in [0.2, 0.25) is 0 Å². The van der Waals surface area contributed by atoms with E-state index in [-0.39, 0.29) is 0 Å². The molecule has 0 bridgehead atoms. The van der Waals surface area contributed by atoms with Crippen molar-refractivity contribution in [2.75, 3.05) is 13.2 Å². The summed E-state index contributed by atoms with van der Waals surface area (Å²) in [7, 11) is 0. The van der Waals surface area contributed by atoms with E-state index < -0.39 is 6.10 Å². The first-order valence-electron chi connectivity index (χ1n) is 9.28. The van der Waals surface area contributed by atoms with E-state index in [4.69, 9.17) is 4.74 Å². The molecule has 0 unspecified atom stereocenters. The smallest absolute Gasteiger partial charge is 0.122 e. The molecule has 0 saturated heterocycles. The average Bonchev–Trinajstić information content (AvgIpc) is 3.06. The molecule has 1 atom stereocenters. The Morgan fingerprint density at radius 3 is 2.37 bits per heavy atom. The minimum atomic E-state index is -0.547. The lowest BCUT2D eigenvalue weighted by molar-refractivity contribution is 0.0630. The van der Waals surface area contributed by atoms with Gasteiger partial charge in [-0.3, -0.25) is 4.90 Å². The van der Waals surface area contributed by atoms with Gasteiger partial charge in [-0.25, -0.2) is 0 Å². The van der Waals surface area contributed by atoms with Crippen molar-refractivity contribution in [2.45, 2.75) is 33.0 Å². The Hall–Kier alpha value is -2.14. The molecule has 3 rings (SSSR count). The predicted octanol–water partition coefficient (Wildman–Crippen LogP) is 4.81. The summed E-state index contributed by atoms with van der Waals surface area (Å²) in [5, 5.41) is 10.6. The maximum atomic E-state index is 10.6. The van der Waals surface area contributed by atoms with Crippen LogP contribution in [0.15, 0.2) is 66.7 Å². The van der Waals surface area contributed by atoms with Crippen molar-refractivity contribution in [3.63, 3.8) is 0 Å². The van der Waals surface area contributed by atoms with Crippen LogP contribution in [0.5, 0.6) is 5.75 Å². The molecule has 142 valence electrons. The van der Waals surface area contributed by atoms with Crippen LogP contribution < -0.4 is 4.74 Å². The standard InChI is InChI=1S/C23H27NO2S/c1-18-8-6-7-11-23(18)26-17-21(25)15-24(14-20-9-4-3-5-10-20)16-22-13-12-19(2)27-22/h3-13,21,25H,14-17H2,1-2H3/t21-/m0/s1. The van der Waals surface area contributed by atoms with Gasteiger partial charge in [0.15, 0.2) is 0 Å². The second-order valence-electron chi connectivity index (χ2n) is 6.90. The molecule has 0 radical (unpaired) electrons. The van der Waals surface area contributed by atoms with Gasteiger partial charge in [0.05, 0.1) is 0 Å². The van der Waals surface area contributed by atoms with E-state index in [1.54, 1.807) is 0 Å². The highest BCUT2D eigenvalue weighted by Crippen LogP contribution is 2.20. The Balaban J connectivity index is 1.61. The third-order valence-electron chi connectivity index (χ3n) is 4.42. The average molecular weight is 382 g/mol. The number of benzene rings is 2. The number of aliphatic hydroxyl groups excluding tert-OH is 1. The number of hydrogen-bond donors (Lipinski definition) is 1. The van der Waals surface area contributed by atoms with Gasteiger partial charge in [-0.05, 0) is 43.2 Å². The van der Waals surface area contributed by atoms with Crippen molar-refractivity contribution in [3.8, 4) is 5.75 Å². The second-order valence-corrected chi connectivity index (χ2v) is 8.27. The molecular formula is C23H27NO2S. The van der Waals surface area contributed by atoms with E-state index >= 15 is 0 Å². The summed E-state index contributed by atoms with van der Waals surface area (Å²) in [5.41, 5.74) is 2.33. The third kappa shape index (κ3) is 6.21. The van der Waals surface area contributed by atoms with E-state index in [2.05, 4.69) is 48.2 Å². The van der Waals surface area contributed by atoms with Gasteiger partial charge < -0.3 is 9.84 Å². The number of ether oxygens (including phenoxy) is 1. The van der Waals surface area contributed by atoms with Crippen LogP contribution in [-0.4, -0.2) is 29.3 Å². The van der Waals surface area contributed by atoms with Gasteiger partial charge in [-0.15, -0.1) is 11.3 Å². The van der Waals surface area contributed by atoms with Crippen molar-refractivity contribution in [1.29, 1.82) is 0 Å². The van der Waals surface area contributed by atoms with E-state index in [1.165, 1.54) is 15.3 Å². The van der Waals surface area contributed by atoms with Crippen LogP contribution in [0.2, 0.25) is 0 Å². The highest BCUT2D eigenvalue weighted by molar-refractivity contribution is 7.11. The molecule has 4 heteroatoms. The number of aliphatic hydroxyl groups is 1. The molecule has 1 heterocycles. The van der Waals surface area contributed by atoms with Crippen LogP contribution in [0.25, 0.3) is 0 Å². The van der Waals surface area contributed by atoms with Crippen LogP contribution >= 0.6 is 11.3 Å². The van der Waals surface area contributed by atoms with Gasteiger partial charge in [0, 0.05) is 29.4 Å². The summed E-state index contributed by atoms with van der Waals surface area (Å²) in [5.74, 6) is 0.833. The van der Waals surface area contributed by atoms with Crippen molar-refractivity contribution < 1.29 is 9.84 Å². The maximum Gasteiger partial charge on any atom is 0.122 e. The molecule has 1 aromatic heterocycles. The monoisotopic (exact) mass is 381 g/mol. The Kier molecular flexibility index (Phi) is 7.04. The molecule has 0 aliphatic heterocycles. The van der Waals surface area contributed by atoms with Crippen LogP contribution in [0.1, 0.15) is 20.9 Å². The Morgan fingerprint density at radius 1 is 0.926 bits per heavy atom. The number of hydrogen-bond acceptors (Lipinski definition) is 4. The number of para-hydroxylation sites is 1. The normalized spacial score (nSPS) is 12.3. The van der Waals surface area contributed by atoms with Crippen LogP contribution in [0, 0.1) is 13.8 Å². The summed E-state index contributed by atoms with van der Waals surface area (Å²) in [6.07, 6.45) is -0.547. The molecule has 1 N–H and O–H groups in total. The minimum absolute atomic E-state index is 0.291. The fourth-order valence-electron chi connectivity index (χ4n) is 3.07. The molecular weight excluding hydrogens is 354 g/mol. The molecule has 0 amide bonds. The largest absolute Gasteiger partial charge is 0.491 e. The summed E-state index contributed by atoms with van der Waals surface area (Å²) in [6.45, 7) is 6.63. The highest BCUT2D eigenvalue weighted by atomic mass is 32.1. The lowest BCUT2D eigenvalue weighted by atomic mass is 10.2. The SMILES string of the molecule is Cc1ccc(CN(Cc2ccccc2)C[C@H](O)COc2ccccc2C)s1. The highest BCUT2D eigenvalue weighted by Gasteiger charge is 2.15. The Bertz CT molecular complexity index is 831. The molecule has 0 spiro atoms. The summed E-state index contributed by atoms with van der Waals surface area (Å²) in [6, 6.07) is 22.6. The van der Waals surface area contributed by atoms with Crippen molar-refractivity contribution in [1.82, 2.24) is 4.90 Å². The first kappa shape index (κ1) is 19.6. The van der Waals surface area contributed by atoms with Crippen molar-refractivity contribution in [3.05, 3.63) is 87.6 Å². The van der Waals surface area contributed by atoms with Crippen LogP contribution in [-0.2, 0) is 13.1 Å². The number of thiophene rings is 1. The van der Waals surface area contributed by atoms with E-state index in [0.717, 1.165) is 24.4 Å².